The van der Waals surface area contributed by atoms with Crippen molar-refractivity contribution in [1.29, 1.82) is 0 Å². The van der Waals surface area contributed by atoms with Crippen molar-refractivity contribution in [1.82, 2.24) is 4.57 Å². The van der Waals surface area contributed by atoms with Crippen molar-refractivity contribution in [3.05, 3.63) is 31.0 Å². The van der Waals surface area contributed by atoms with Crippen LogP contribution in [-0.2, 0) is 7.05 Å². The predicted molar refractivity (Wildman–Crippen MR) is 58.1 cm³/mol. The molecule has 1 unspecified atom stereocenters. The van der Waals surface area contributed by atoms with Gasteiger partial charge in [0.15, 0.2) is 0 Å². The summed E-state index contributed by atoms with van der Waals surface area (Å²) in [5, 5.41) is 0. The summed E-state index contributed by atoms with van der Waals surface area (Å²) in [4.78, 5) is 2.27. The van der Waals surface area contributed by atoms with Crippen LogP contribution in [-0.4, -0.2) is 17.7 Å². The van der Waals surface area contributed by atoms with E-state index in [9.17, 15) is 0 Å². The van der Waals surface area contributed by atoms with Crippen LogP contribution in [0.25, 0.3) is 0 Å². The molecule has 72 valence electrons. The number of aromatic nitrogens is 1. The van der Waals surface area contributed by atoms with Crippen LogP contribution in [0.15, 0.2) is 31.0 Å². The topological polar surface area (TPSA) is 8.17 Å². The SMILES string of the molecule is C=CCC(C)N(C)c1cccn1C. The van der Waals surface area contributed by atoms with Gasteiger partial charge < -0.3 is 9.47 Å². The van der Waals surface area contributed by atoms with Crippen LogP contribution in [0.1, 0.15) is 13.3 Å². The summed E-state index contributed by atoms with van der Waals surface area (Å²) in [6, 6.07) is 4.69. The molecule has 1 aromatic rings. The van der Waals surface area contributed by atoms with Crippen LogP contribution in [0.4, 0.5) is 5.82 Å². The lowest BCUT2D eigenvalue weighted by Gasteiger charge is -2.26. The number of aryl methyl sites for hydroxylation is 1. The number of rotatable bonds is 4. The summed E-state index contributed by atoms with van der Waals surface area (Å²) in [6.07, 6.45) is 5.04. The van der Waals surface area contributed by atoms with E-state index >= 15 is 0 Å². The highest BCUT2D eigenvalue weighted by atomic mass is 15.2. The fraction of sp³-hybridized carbons (Fsp3) is 0.455. The zero-order chi connectivity index (χ0) is 9.84. The fourth-order valence-electron chi connectivity index (χ4n) is 1.44. The zero-order valence-corrected chi connectivity index (χ0v) is 8.70. The molecule has 0 saturated heterocycles. The maximum Gasteiger partial charge on any atom is 0.108 e. The van der Waals surface area contributed by atoms with E-state index in [1.54, 1.807) is 0 Å². The quantitative estimate of drug-likeness (QED) is 0.643. The van der Waals surface area contributed by atoms with Crippen molar-refractivity contribution in [3.8, 4) is 0 Å². The van der Waals surface area contributed by atoms with Gasteiger partial charge in [-0.25, -0.2) is 0 Å². The largest absolute Gasteiger partial charge is 0.358 e. The molecule has 1 aromatic heterocycles. The first kappa shape index (κ1) is 9.90. The monoisotopic (exact) mass is 178 g/mol. The first-order valence-electron chi connectivity index (χ1n) is 4.62. The first-order chi connectivity index (χ1) is 6.16. The summed E-state index contributed by atoms with van der Waals surface area (Å²) < 4.78 is 2.12. The van der Waals surface area contributed by atoms with E-state index in [1.807, 2.05) is 6.08 Å². The number of hydrogen-bond acceptors (Lipinski definition) is 1. The van der Waals surface area contributed by atoms with Gasteiger partial charge in [0, 0.05) is 26.3 Å². The van der Waals surface area contributed by atoms with Gasteiger partial charge in [-0.3, -0.25) is 0 Å². The lowest BCUT2D eigenvalue weighted by Crippen LogP contribution is -2.29. The lowest BCUT2D eigenvalue weighted by atomic mass is 10.2. The third kappa shape index (κ3) is 2.14. The Balaban J connectivity index is 2.72. The predicted octanol–water partition coefficient (Wildman–Crippen LogP) is 2.43. The third-order valence-electron chi connectivity index (χ3n) is 2.45. The molecule has 0 aliphatic heterocycles. The Morgan fingerprint density at radius 1 is 1.69 bits per heavy atom. The average molecular weight is 178 g/mol. The lowest BCUT2D eigenvalue weighted by molar-refractivity contribution is 0.673. The summed E-state index contributed by atoms with van der Waals surface area (Å²) >= 11 is 0. The van der Waals surface area contributed by atoms with Gasteiger partial charge in [0.05, 0.1) is 0 Å². The van der Waals surface area contributed by atoms with E-state index in [0.29, 0.717) is 6.04 Å². The molecule has 1 atom stereocenters. The molecule has 1 heterocycles. The number of nitrogens with zero attached hydrogens (tertiary/aromatic N) is 2. The van der Waals surface area contributed by atoms with Gasteiger partial charge in [0.25, 0.3) is 0 Å². The van der Waals surface area contributed by atoms with Gasteiger partial charge in [-0.15, -0.1) is 6.58 Å². The minimum absolute atomic E-state index is 0.506. The molecule has 0 bridgehead atoms. The second-order valence-electron chi connectivity index (χ2n) is 3.46. The molecule has 0 saturated carbocycles. The van der Waals surface area contributed by atoms with Crippen molar-refractivity contribution in [3.63, 3.8) is 0 Å². The fourth-order valence-corrected chi connectivity index (χ4v) is 1.44. The van der Waals surface area contributed by atoms with Gasteiger partial charge in [0.1, 0.15) is 5.82 Å². The maximum absolute atomic E-state index is 3.75. The Morgan fingerprint density at radius 3 is 2.85 bits per heavy atom. The molecule has 0 amide bonds. The Kier molecular flexibility index (Phi) is 3.18. The molecular weight excluding hydrogens is 160 g/mol. The molecule has 0 spiro atoms. The van der Waals surface area contributed by atoms with Crippen LogP contribution in [0.5, 0.6) is 0 Å². The summed E-state index contributed by atoms with van der Waals surface area (Å²) in [7, 11) is 4.18. The zero-order valence-electron chi connectivity index (χ0n) is 8.70. The van der Waals surface area contributed by atoms with Gasteiger partial charge >= 0.3 is 0 Å². The van der Waals surface area contributed by atoms with Crippen molar-refractivity contribution in [2.24, 2.45) is 7.05 Å². The number of hydrogen-bond donors (Lipinski definition) is 0. The maximum atomic E-state index is 3.75. The molecule has 0 aliphatic rings. The van der Waals surface area contributed by atoms with Crippen LogP contribution >= 0.6 is 0 Å². The van der Waals surface area contributed by atoms with Crippen LogP contribution in [0.2, 0.25) is 0 Å². The van der Waals surface area contributed by atoms with Crippen molar-refractivity contribution >= 4 is 5.82 Å². The third-order valence-corrected chi connectivity index (χ3v) is 2.45. The molecule has 0 aliphatic carbocycles. The first-order valence-corrected chi connectivity index (χ1v) is 4.62. The highest BCUT2D eigenvalue weighted by Gasteiger charge is 2.09. The van der Waals surface area contributed by atoms with E-state index in [4.69, 9.17) is 0 Å². The molecule has 2 nitrogen and oxygen atoms in total. The van der Waals surface area contributed by atoms with Crippen LogP contribution in [0.3, 0.4) is 0 Å². The molecule has 13 heavy (non-hydrogen) atoms. The summed E-state index contributed by atoms with van der Waals surface area (Å²) in [5.41, 5.74) is 0. The minimum atomic E-state index is 0.506. The minimum Gasteiger partial charge on any atom is -0.358 e. The second-order valence-corrected chi connectivity index (χ2v) is 3.46. The van der Waals surface area contributed by atoms with Crippen molar-refractivity contribution < 1.29 is 0 Å². The standard InChI is InChI=1S/C11H18N2/c1-5-7-10(2)13(4)11-8-6-9-12(11)3/h5-6,8-10H,1,7H2,2-4H3. The van der Waals surface area contributed by atoms with Gasteiger partial charge in [-0.05, 0) is 25.5 Å². The van der Waals surface area contributed by atoms with Crippen molar-refractivity contribution in [2.75, 3.05) is 11.9 Å². The molecule has 1 rings (SSSR count). The van der Waals surface area contributed by atoms with E-state index in [2.05, 4.69) is 55.4 Å². The summed E-state index contributed by atoms with van der Waals surface area (Å²) in [5.74, 6) is 1.24. The smallest absolute Gasteiger partial charge is 0.108 e. The Morgan fingerprint density at radius 2 is 2.38 bits per heavy atom. The highest BCUT2D eigenvalue weighted by Crippen LogP contribution is 2.16. The molecule has 0 aromatic carbocycles. The van der Waals surface area contributed by atoms with Crippen LogP contribution in [0, 0.1) is 0 Å². The Labute approximate surface area is 80.5 Å². The van der Waals surface area contributed by atoms with E-state index in [0.717, 1.165) is 6.42 Å². The second kappa shape index (κ2) is 4.17. The molecule has 0 fully saturated rings. The molecule has 2 heteroatoms. The van der Waals surface area contributed by atoms with Gasteiger partial charge in [-0.2, -0.15) is 0 Å². The Bertz CT molecular complexity index is 275. The normalized spacial score (nSPS) is 12.5. The average Bonchev–Trinajstić information content (AvgIpc) is 2.50. The molecular formula is C11H18N2. The van der Waals surface area contributed by atoms with E-state index in [1.165, 1.54) is 5.82 Å². The molecule has 0 radical (unpaired) electrons. The van der Waals surface area contributed by atoms with Gasteiger partial charge in [0.2, 0.25) is 0 Å². The molecule has 0 N–H and O–H groups in total. The number of anilines is 1. The summed E-state index contributed by atoms with van der Waals surface area (Å²) in [6.45, 7) is 5.96. The van der Waals surface area contributed by atoms with Gasteiger partial charge in [-0.1, -0.05) is 6.08 Å². The van der Waals surface area contributed by atoms with Crippen molar-refractivity contribution in [2.45, 2.75) is 19.4 Å². The van der Waals surface area contributed by atoms with Crippen LogP contribution < -0.4 is 4.90 Å². The highest BCUT2D eigenvalue weighted by molar-refractivity contribution is 5.40. The van der Waals surface area contributed by atoms with E-state index in [-0.39, 0.29) is 0 Å². The van der Waals surface area contributed by atoms with E-state index < -0.39 is 0 Å². The Hall–Kier alpha value is -1.18.